The molecule has 126 valence electrons. The van der Waals surface area contributed by atoms with Gasteiger partial charge in [-0.2, -0.15) is 0 Å². The van der Waals surface area contributed by atoms with Crippen molar-refractivity contribution >= 4 is 12.0 Å². The number of piperazine rings is 1. The van der Waals surface area contributed by atoms with Crippen molar-refractivity contribution in [3.63, 3.8) is 0 Å². The third-order valence-electron chi connectivity index (χ3n) is 3.76. The first-order valence-electron chi connectivity index (χ1n) is 8.06. The predicted octanol–water partition coefficient (Wildman–Crippen LogP) is 2.62. The molecule has 0 aliphatic carbocycles. The Labute approximate surface area is 138 Å². The molecule has 1 fully saturated rings. The Morgan fingerprint density at radius 3 is 2.04 bits per heavy atom. The second-order valence-electron chi connectivity index (χ2n) is 7.01. The van der Waals surface area contributed by atoms with Crippen LogP contribution in [0.15, 0.2) is 24.3 Å². The minimum Gasteiger partial charge on any atom is -0.444 e. The highest BCUT2D eigenvalue weighted by atomic mass is 16.6. The number of aryl methyl sites for hydroxylation is 1. The molecule has 0 radical (unpaired) electrons. The molecule has 5 heteroatoms. The van der Waals surface area contributed by atoms with Gasteiger partial charge in [-0.05, 0) is 33.3 Å². The van der Waals surface area contributed by atoms with Crippen LogP contribution in [0.4, 0.5) is 4.79 Å². The van der Waals surface area contributed by atoms with E-state index in [4.69, 9.17) is 4.74 Å². The van der Waals surface area contributed by atoms with E-state index in [1.54, 1.807) is 4.90 Å². The molecule has 0 spiro atoms. The van der Waals surface area contributed by atoms with Crippen LogP contribution in [-0.2, 0) is 16.0 Å². The summed E-state index contributed by atoms with van der Waals surface area (Å²) in [6.07, 6.45) is 0.107. The third kappa shape index (κ3) is 5.27. The topological polar surface area (TPSA) is 49.9 Å². The summed E-state index contributed by atoms with van der Waals surface area (Å²) in [5.41, 5.74) is 1.72. The van der Waals surface area contributed by atoms with Gasteiger partial charge >= 0.3 is 6.09 Å². The van der Waals surface area contributed by atoms with Gasteiger partial charge in [0.1, 0.15) is 5.60 Å². The van der Waals surface area contributed by atoms with Crippen molar-refractivity contribution in [2.75, 3.05) is 26.2 Å². The summed E-state index contributed by atoms with van der Waals surface area (Å²) < 4.78 is 5.36. The van der Waals surface area contributed by atoms with Crippen molar-refractivity contribution in [3.8, 4) is 0 Å². The summed E-state index contributed by atoms with van der Waals surface area (Å²) in [6.45, 7) is 9.75. The lowest BCUT2D eigenvalue weighted by Gasteiger charge is -2.35. The van der Waals surface area contributed by atoms with E-state index < -0.39 is 5.60 Å². The van der Waals surface area contributed by atoms with E-state index in [-0.39, 0.29) is 12.0 Å². The van der Waals surface area contributed by atoms with Crippen molar-refractivity contribution in [2.45, 2.75) is 39.7 Å². The van der Waals surface area contributed by atoms with Crippen LogP contribution in [0, 0.1) is 6.92 Å². The highest BCUT2D eigenvalue weighted by Gasteiger charge is 2.27. The largest absolute Gasteiger partial charge is 0.444 e. The molecule has 0 saturated carbocycles. The van der Waals surface area contributed by atoms with E-state index in [2.05, 4.69) is 0 Å². The monoisotopic (exact) mass is 318 g/mol. The summed E-state index contributed by atoms with van der Waals surface area (Å²) in [5.74, 6) is 0.109. The molecule has 2 rings (SSSR count). The van der Waals surface area contributed by atoms with Crippen molar-refractivity contribution in [2.24, 2.45) is 0 Å². The van der Waals surface area contributed by atoms with E-state index in [0.717, 1.165) is 5.56 Å². The van der Waals surface area contributed by atoms with Crippen LogP contribution < -0.4 is 0 Å². The van der Waals surface area contributed by atoms with Crippen molar-refractivity contribution < 1.29 is 14.3 Å². The summed E-state index contributed by atoms with van der Waals surface area (Å²) in [6, 6.07) is 8.01. The molecule has 1 aliphatic rings. The Morgan fingerprint density at radius 1 is 1.00 bits per heavy atom. The van der Waals surface area contributed by atoms with Crippen LogP contribution in [0.1, 0.15) is 31.9 Å². The Balaban J connectivity index is 1.83. The number of nitrogens with zero attached hydrogens (tertiary/aromatic N) is 2. The minimum absolute atomic E-state index is 0.109. The van der Waals surface area contributed by atoms with Crippen LogP contribution in [0.5, 0.6) is 0 Å². The number of hydrogen-bond acceptors (Lipinski definition) is 3. The molecular formula is C18H26N2O3. The van der Waals surface area contributed by atoms with Gasteiger partial charge in [-0.3, -0.25) is 4.79 Å². The number of rotatable bonds is 2. The number of hydrogen-bond donors (Lipinski definition) is 0. The van der Waals surface area contributed by atoms with E-state index >= 15 is 0 Å². The molecule has 0 N–H and O–H groups in total. The first kappa shape index (κ1) is 17.3. The number of carbonyl (C=O) groups excluding carboxylic acids is 2. The van der Waals surface area contributed by atoms with E-state index in [1.807, 2.05) is 56.9 Å². The highest BCUT2D eigenvalue weighted by molar-refractivity contribution is 5.79. The third-order valence-corrected chi connectivity index (χ3v) is 3.76. The zero-order valence-corrected chi connectivity index (χ0v) is 14.5. The van der Waals surface area contributed by atoms with Gasteiger partial charge in [0.25, 0.3) is 0 Å². The molecule has 2 amide bonds. The van der Waals surface area contributed by atoms with Gasteiger partial charge in [0.15, 0.2) is 0 Å². The fourth-order valence-electron chi connectivity index (χ4n) is 2.46. The second kappa shape index (κ2) is 7.02. The van der Waals surface area contributed by atoms with Crippen molar-refractivity contribution in [1.82, 2.24) is 9.80 Å². The van der Waals surface area contributed by atoms with Gasteiger partial charge < -0.3 is 14.5 Å². The lowest BCUT2D eigenvalue weighted by molar-refractivity contribution is -0.132. The molecule has 1 saturated heterocycles. The Hall–Kier alpha value is -2.04. The fourth-order valence-corrected chi connectivity index (χ4v) is 2.46. The molecular weight excluding hydrogens is 292 g/mol. The molecule has 0 aromatic heterocycles. The maximum atomic E-state index is 12.3. The smallest absolute Gasteiger partial charge is 0.410 e. The van der Waals surface area contributed by atoms with Crippen LogP contribution in [0.3, 0.4) is 0 Å². The van der Waals surface area contributed by atoms with E-state index in [1.165, 1.54) is 5.56 Å². The Morgan fingerprint density at radius 2 is 1.52 bits per heavy atom. The molecule has 23 heavy (non-hydrogen) atoms. The number of amides is 2. The maximum absolute atomic E-state index is 12.3. The minimum atomic E-state index is -0.491. The number of ether oxygens (including phenoxy) is 1. The second-order valence-corrected chi connectivity index (χ2v) is 7.01. The first-order valence-corrected chi connectivity index (χ1v) is 8.06. The molecule has 0 unspecified atom stereocenters. The van der Waals surface area contributed by atoms with Crippen LogP contribution in [-0.4, -0.2) is 53.6 Å². The normalized spacial score (nSPS) is 15.5. The maximum Gasteiger partial charge on any atom is 0.410 e. The fraction of sp³-hybridized carbons (Fsp3) is 0.556. The summed E-state index contributed by atoms with van der Waals surface area (Å²) in [4.78, 5) is 27.9. The molecule has 5 nitrogen and oxygen atoms in total. The van der Waals surface area contributed by atoms with Crippen LogP contribution in [0.2, 0.25) is 0 Å². The van der Waals surface area contributed by atoms with E-state index in [9.17, 15) is 9.59 Å². The molecule has 1 aromatic carbocycles. The van der Waals surface area contributed by atoms with Crippen molar-refractivity contribution in [3.05, 3.63) is 35.4 Å². The number of carbonyl (C=O) groups is 2. The molecule has 0 atom stereocenters. The SMILES string of the molecule is Cc1ccc(CC(=O)N2CCN(C(=O)OC(C)(C)C)CC2)cc1. The number of benzene rings is 1. The average Bonchev–Trinajstić information content (AvgIpc) is 2.48. The average molecular weight is 318 g/mol. The molecule has 0 bridgehead atoms. The van der Waals surface area contributed by atoms with Gasteiger partial charge in [-0.1, -0.05) is 29.8 Å². The molecule has 1 aliphatic heterocycles. The van der Waals surface area contributed by atoms with Gasteiger partial charge in [-0.15, -0.1) is 0 Å². The highest BCUT2D eigenvalue weighted by Crippen LogP contribution is 2.13. The quantitative estimate of drug-likeness (QED) is 0.842. The Kier molecular flexibility index (Phi) is 5.29. The predicted molar refractivity (Wildman–Crippen MR) is 89.3 cm³/mol. The molecule has 1 aromatic rings. The van der Waals surface area contributed by atoms with Crippen LogP contribution in [0.25, 0.3) is 0 Å². The lowest BCUT2D eigenvalue weighted by Crippen LogP contribution is -2.51. The van der Waals surface area contributed by atoms with E-state index in [0.29, 0.717) is 32.6 Å². The summed E-state index contributed by atoms with van der Waals surface area (Å²) in [5, 5.41) is 0. The van der Waals surface area contributed by atoms with Gasteiger partial charge in [0.05, 0.1) is 6.42 Å². The molecule has 1 heterocycles. The lowest BCUT2D eigenvalue weighted by atomic mass is 10.1. The summed E-state index contributed by atoms with van der Waals surface area (Å²) >= 11 is 0. The first-order chi connectivity index (χ1) is 10.7. The van der Waals surface area contributed by atoms with Crippen molar-refractivity contribution in [1.29, 1.82) is 0 Å². The van der Waals surface area contributed by atoms with Gasteiger partial charge in [0, 0.05) is 26.2 Å². The van der Waals surface area contributed by atoms with Gasteiger partial charge in [-0.25, -0.2) is 4.79 Å². The zero-order valence-electron chi connectivity index (χ0n) is 14.5. The zero-order chi connectivity index (χ0) is 17.0. The summed E-state index contributed by atoms with van der Waals surface area (Å²) in [7, 11) is 0. The standard InChI is InChI=1S/C18H26N2O3/c1-14-5-7-15(8-6-14)13-16(21)19-9-11-20(12-10-19)17(22)23-18(2,3)4/h5-8H,9-13H2,1-4H3. The van der Waals surface area contributed by atoms with Crippen LogP contribution >= 0.6 is 0 Å². The Bertz CT molecular complexity index is 553. The van der Waals surface area contributed by atoms with Gasteiger partial charge in [0.2, 0.25) is 5.91 Å².